The minimum atomic E-state index is -0.790. The molecule has 1 aromatic rings. The van der Waals surface area contributed by atoms with E-state index in [1.54, 1.807) is 4.90 Å². The molecule has 5 nitrogen and oxygen atoms in total. The molecule has 7 heteroatoms. The molecule has 1 unspecified atom stereocenters. The fourth-order valence-electron chi connectivity index (χ4n) is 1.53. The zero-order valence-electron chi connectivity index (χ0n) is 11.3. The fraction of sp³-hybridized carbons (Fsp3) is 0.583. The smallest absolute Gasteiger partial charge is 0.316 e. The van der Waals surface area contributed by atoms with Crippen LogP contribution in [-0.2, 0) is 15.3 Å². The van der Waals surface area contributed by atoms with Gasteiger partial charge in [-0.25, -0.2) is 4.98 Å². The molecule has 0 bridgehead atoms. The Morgan fingerprint density at radius 1 is 1.53 bits per heavy atom. The number of thioether (sulfide) groups is 1. The van der Waals surface area contributed by atoms with Crippen LogP contribution in [0.2, 0.25) is 0 Å². The molecule has 0 aliphatic rings. The Hall–Kier alpha value is -1.08. The second-order valence-corrected chi connectivity index (χ2v) is 5.96. The van der Waals surface area contributed by atoms with Crippen molar-refractivity contribution in [2.75, 3.05) is 11.4 Å². The number of nitrogens with zero attached hydrogens (tertiary/aromatic N) is 2. The molecule has 1 heterocycles. The number of carbonyl (C=O) groups excluding carboxylic acids is 1. The van der Waals surface area contributed by atoms with Crippen LogP contribution >= 0.6 is 23.1 Å². The molecule has 0 saturated heterocycles. The molecule has 0 aliphatic carbocycles. The van der Waals surface area contributed by atoms with E-state index in [-0.39, 0.29) is 5.91 Å². The molecule has 0 spiro atoms. The maximum absolute atomic E-state index is 11.4. The fourth-order valence-corrected chi connectivity index (χ4v) is 3.46. The first kappa shape index (κ1) is 16.0. The number of carboxylic acids is 1. The molecule has 0 aromatic carbocycles. The van der Waals surface area contributed by atoms with E-state index in [4.69, 9.17) is 5.11 Å². The number of hydrogen-bond donors (Lipinski definition) is 1. The number of carboxylic acid groups (broad SMARTS) is 1. The van der Waals surface area contributed by atoms with Crippen molar-refractivity contribution >= 4 is 40.1 Å². The van der Waals surface area contributed by atoms with Gasteiger partial charge in [-0.05, 0) is 13.3 Å². The number of carbonyl (C=O) groups is 2. The highest BCUT2D eigenvalue weighted by Gasteiger charge is 2.17. The number of anilines is 1. The van der Waals surface area contributed by atoms with Gasteiger partial charge in [0, 0.05) is 24.6 Å². The summed E-state index contributed by atoms with van der Waals surface area (Å²) in [7, 11) is 0. The van der Waals surface area contributed by atoms with Crippen molar-refractivity contribution in [3.05, 3.63) is 11.1 Å². The lowest BCUT2D eigenvalue weighted by molar-refractivity contribution is -0.136. The van der Waals surface area contributed by atoms with Crippen molar-refractivity contribution in [3.63, 3.8) is 0 Å². The van der Waals surface area contributed by atoms with E-state index in [0.717, 1.165) is 5.69 Å². The van der Waals surface area contributed by atoms with E-state index >= 15 is 0 Å². The number of aliphatic carboxylic acids is 1. The largest absolute Gasteiger partial charge is 0.480 e. The van der Waals surface area contributed by atoms with Gasteiger partial charge in [0.25, 0.3) is 0 Å². The molecule has 0 fully saturated rings. The zero-order valence-corrected chi connectivity index (χ0v) is 12.9. The van der Waals surface area contributed by atoms with Gasteiger partial charge in [-0.15, -0.1) is 23.1 Å². The van der Waals surface area contributed by atoms with Crippen molar-refractivity contribution in [1.82, 2.24) is 4.98 Å². The lowest BCUT2D eigenvalue weighted by Crippen LogP contribution is -2.27. The minimum Gasteiger partial charge on any atom is -0.480 e. The lowest BCUT2D eigenvalue weighted by Gasteiger charge is -2.14. The number of rotatable bonds is 7. The van der Waals surface area contributed by atoms with Crippen molar-refractivity contribution in [2.45, 2.75) is 38.2 Å². The molecule has 1 rings (SSSR count). The predicted molar refractivity (Wildman–Crippen MR) is 78.8 cm³/mol. The second kappa shape index (κ2) is 7.49. The SMILES string of the molecule is CCC(SCc1csc(N(CC)C(C)=O)n1)C(=O)O. The quantitative estimate of drug-likeness (QED) is 0.838. The molecule has 1 atom stereocenters. The highest BCUT2D eigenvalue weighted by Crippen LogP contribution is 2.25. The second-order valence-electron chi connectivity index (χ2n) is 3.93. The lowest BCUT2D eigenvalue weighted by atomic mass is 10.3. The van der Waals surface area contributed by atoms with E-state index in [9.17, 15) is 9.59 Å². The van der Waals surface area contributed by atoms with Gasteiger partial charge in [-0.2, -0.15) is 0 Å². The van der Waals surface area contributed by atoms with Gasteiger partial charge in [-0.1, -0.05) is 6.92 Å². The summed E-state index contributed by atoms with van der Waals surface area (Å²) >= 11 is 2.78. The van der Waals surface area contributed by atoms with Crippen LogP contribution in [0.15, 0.2) is 5.38 Å². The minimum absolute atomic E-state index is 0.0342. The molecule has 106 valence electrons. The predicted octanol–water partition coefficient (Wildman–Crippen LogP) is 2.61. The van der Waals surface area contributed by atoms with E-state index in [1.165, 1.54) is 30.0 Å². The summed E-state index contributed by atoms with van der Waals surface area (Å²) in [6.07, 6.45) is 0.589. The third-order valence-corrected chi connectivity index (χ3v) is 4.86. The van der Waals surface area contributed by atoms with Crippen LogP contribution in [0.3, 0.4) is 0 Å². The van der Waals surface area contributed by atoms with Crippen LogP contribution < -0.4 is 4.90 Å². The average Bonchev–Trinajstić information content (AvgIpc) is 2.78. The van der Waals surface area contributed by atoms with E-state index in [1.807, 2.05) is 19.2 Å². The monoisotopic (exact) mass is 302 g/mol. The zero-order chi connectivity index (χ0) is 14.4. The molecule has 0 radical (unpaired) electrons. The van der Waals surface area contributed by atoms with E-state index in [2.05, 4.69) is 4.98 Å². The Bertz CT molecular complexity index is 448. The summed E-state index contributed by atoms with van der Waals surface area (Å²) in [6, 6.07) is 0. The molecule has 1 N–H and O–H groups in total. The van der Waals surface area contributed by atoms with Crippen LogP contribution in [-0.4, -0.2) is 33.8 Å². The van der Waals surface area contributed by atoms with Gasteiger partial charge < -0.3 is 5.11 Å². The summed E-state index contributed by atoms with van der Waals surface area (Å²) in [5.74, 6) is -0.272. The highest BCUT2D eigenvalue weighted by molar-refractivity contribution is 7.99. The average molecular weight is 302 g/mol. The Morgan fingerprint density at radius 3 is 2.68 bits per heavy atom. The van der Waals surface area contributed by atoms with E-state index < -0.39 is 11.2 Å². The maximum atomic E-state index is 11.4. The Kier molecular flexibility index (Phi) is 6.30. The molecular weight excluding hydrogens is 284 g/mol. The molecule has 19 heavy (non-hydrogen) atoms. The van der Waals surface area contributed by atoms with Crippen molar-refractivity contribution in [1.29, 1.82) is 0 Å². The number of thiazole rings is 1. The summed E-state index contributed by atoms with van der Waals surface area (Å²) in [5.41, 5.74) is 0.824. The Balaban J connectivity index is 2.65. The van der Waals surface area contributed by atoms with Crippen molar-refractivity contribution in [3.8, 4) is 0 Å². The van der Waals surface area contributed by atoms with Crippen LogP contribution in [0.25, 0.3) is 0 Å². The normalized spacial score (nSPS) is 12.2. The Morgan fingerprint density at radius 2 is 2.21 bits per heavy atom. The summed E-state index contributed by atoms with van der Waals surface area (Å²) < 4.78 is 0. The van der Waals surface area contributed by atoms with Crippen molar-refractivity contribution in [2.24, 2.45) is 0 Å². The molecular formula is C12H18N2O3S2. The molecule has 1 aromatic heterocycles. The van der Waals surface area contributed by atoms with Crippen molar-refractivity contribution < 1.29 is 14.7 Å². The first-order chi connectivity index (χ1) is 8.99. The van der Waals surface area contributed by atoms with Gasteiger partial charge in [-0.3, -0.25) is 14.5 Å². The van der Waals surface area contributed by atoms with Crippen LogP contribution in [0.1, 0.15) is 32.9 Å². The van der Waals surface area contributed by atoms with E-state index in [0.29, 0.717) is 23.8 Å². The topological polar surface area (TPSA) is 70.5 Å². The van der Waals surface area contributed by atoms with Crippen LogP contribution in [0, 0.1) is 0 Å². The van der Waals surface area contributed by atoms with Gasteiger partial charge in [0.2, 0.25) is 5.91 Å². The number of aromatic nitrogens is 1. The molecule has 0 aliphatic heterocycles. The standard InChI is InChI=1S/C12H18N2O3S2/c1-4-10(11(16)17)18-6-9-7-19-12(13-9)14(5-2)8(3)15/h7,10H,4-6H2,1-3H3,(H,16,17). The number of hydrogen-bond acceptors (Lipinski definition) is 5. The van der Waals surface area contributed by atoms with Gasteiger partial charge in [0.15, 0.2) is 5.13 Å². The summed E-state index contributed by atoms with van der Waals surface area (Å²) in [5, 5.41) is 11.1. The summed E-state index contributed by atoms with van der Waals surface area (Å²) in [4.78, 5) is 28.3. The third kappa shape index (κ3) is 4.50. The van der Waals surface area contributed by atoms with Gasteiger partial charge >= 0.3 is 5.97 Å². The van der Waals surface area contributed by atoms with Gasteiger partial charge in [0.05, 0.1) is 5.69 Å². The third-order valence-electron chi connectivity index (χ3n) is 2.55. The van der Waals surface area contributed by atoms with Crippen LogP contribution in [0.4, 0.5) is 5.13 Å². The van der Waals surface area contributed by atoms with Gasteiger partial charge in [0.1, 0.15) is 5.25 Å². The summed E-state index contributed by atoms with van der Waals surface area (Å²) in [6.45, 7) is 5.85. The maximum Gasteiger partial charge on any atom is 0.316 e. The molecule has 1 amide bonds. The number of amides is 1. The Labute approximate surface area is 121 Å². The van der Waals surface area contributed by atoms with Crippen LogP contribution in [0.5, 0.6) is 0 Å². The highest BCUT2D eigenvalue weighted by atomic mass is 32.2. The first-order valence-electron chi connectivity index (χ1n) is 6.06. The first-order valence-corrected chi connectivity index (χ1v) is 7.99. The molecule has 0 saturated carbocycles.